The summed E-state index contributed by atoms with van der Waals surface area (Å²) >= 11 is 0. The van der Waals surface area contributed by atoms with E-state index in [1.165, 1.54) is 0 Å². The molecule has 40 heavy (non-hydrogen) atoms. The minimum atomic E-state index is -5.86. The smallest absolute Gasteiger partial charge is 0.420 e. The fraction of sp³-hybridized carbons (Fsp3) is 0.0833. The lowest BCUT2D eigenvalue weighted by Gasteiger charge is -2.23. The molecule has 0 bridgehead atoms. The first-order valence-electron chi connectivity index (χ1n) is 10.3. The predicted molar refractivity (Wildman–Crippen MR) is 117 cm³/mol. The van der Waals surface area contributed by atoms with Gasteiger partial charge in [0.25, 0.3) is 0 Å². The highest BCUT2D eigenvalue weighted by molar-refractivity contribution is 6.04. The van der Waals surface area contributed by atoms with Gasteiger partial charge in [-0.3, -0.25) is 0 Å². The van der Waals surface area contributed by atoms with Gasteiger partial charge in [-0.05, 0) is 36.4 Å². The molecule has 210 valence electrons. The van der Waals surface area contributed by atoms with Crippen molar-refractivity contribution >= 4 is 23.9 Å². The van der Waals surface area contributed by atoms with Gasteiger partial charge in [-0.1, -0.05) is 12.1 Å². The maximum atomic E-state index is 14.1. The molecule has 0 aromatic heterocycles. The number of aromatic carboxylic acids is 4. The lowest BCUT2D eigenvalue weighted by atomic mass is 10.0. The Hall–Kier alpha value is -5.28. The van der Waals surface area contributed by atoms with E-state index in [1.807, 2.05) is 0 Å². The third kappa shape index (κ3) is 5.74. The van der Waals surface area contributed by atoms with Crippen LogP contribution in [0.4, 0.5) is 26.3 Å². The van der Waals surface area contributed by atoms with Crippen LogP contribution in [0.5, 0.6) is 23.0 Å². The van der Waals surface area contributed by atoms with Gasteiger partial charge in [0.1, 0.15) is 28.2 Å². The highest BCUT2D eigenvalue weighted by Gasteiger charge is 2.47. The van der Waals surface area contributed by atoms with Crippen LogP contribution in [0.2, 0.25) is 0 Å². The minimum Gasteiger partial charge on any atom is -0.478 e. The van der Waals surface area contributed by atoms with Crippen LogP contribution >= 0.6 is 0 Å². The Morgan fingerprint density at radius 1 is 0.550 bits per heavy atom. The van der Waals surface area contributed by atoms with E-state index >= 15 is 0 Å². The van der Waals surface area contributed by atoms with Crippen LogP contribution < -0.4 is 9.47 Å². The number of hydrogen-bond acceptors (Lipinski definition) is 6. The maximum Gasteiger partial charge on any atom is 0.420 e. The minimum absolute atomic E-state index is 0.0711. The lowest BCUT2D eigenvalue weighted by Crippen LogP contribution is -2.19. The number of alkyl halides is 6. The first kappa shape index (κ1) is 29.3. The van der Waals surface area contributed by atoms with E-state index in [1.54, 1.807) is 0 Å². The molecule has 3 rings (SSSR count). The predicted octanol–water partition coefficient (Wildman–Crippen LogP) is 6.10. The Balaban J connectivity index is 2.41. The maximum absolute atomic E-state index is 14.1. The van der Waals surface area contributed by atoms with Crippen LogP contribution in [-0.4, -0.2) is 44.3 Å². The molecule has 0 radical (unpaired) electrons. The zero-order valence-electron chi connectivity index (χ0n) is 19.1. The zero-order valence-corrected chi connectivity index (χ0v) is 19.1. The van der Waals surface area contributed by atoms with Gasteiger partial charge >= 0.3 is 36.2 Å². The summed E-state index contributed by atoms with van der Waals surface area (Å²) in [4.78, 5) is 46.4. The van der Waals surface area contributed by atoms with E-state index in [4.69, 9.17) is 9.47 Å². The summed E-state index contributed by atoms with van der Waals surface area (Å²) in [5.74, 6) is -12.7. The number of ether oxygens (including phenoxy) is 2. The van der Waals surface area contributed by atoms with Crippen molar-refractivity contribution < 1.29 is 75.4 Å². The number of carboxylic acids is 4. The molecule has 0 saturated carbocycles. The Morgan fingerprint density at radius 2 is 1.00 bits per heavy atom. The van der Waals surface area contributed by atoms with E-state index in [0.717, 1.165) is 30.3 Å². The zero-order chi connectivity index (χ0) is 30.2. The molecule has 10 nitrogen and oxygen atoms in total. The average Bonchev–Trinajstić information content (AvgIpc) is 2.82. The van der Waals surface area contributed by atoms with E-state index in [0.29, 0.717) is 12.1 Å². The van der Waals surface area contributed by atoms with Crippen molar-refractivity contribution in [2.45, 2.75) is 12.4 Å². The number of halogens is 6. The molecule has 3 aromatic carbocycles. The van der Waals surface area contributed by atoms with Crippen molar-refractivity contribution in [3.05, 3.63) is 81.9 Å². The molecule has 16 heteroatoms. The molecule has 0 fully saturated rings. The summed E-state index contributed by atoms with van der Waals surface area (Å²) in [5, 5.41) is 37.5. The molecular weight excluding hydrogens is 562 g/mol. The monoisotopic (exact) mass is 574 g/mol. The molecule has 0 amide bonds. The molecule has 0 aliphatic rings. The van der Waals surface area contributed by atoms with Crippen molar-refractivity contribution in [1.29, 1.82) is 0 Å². The second-order valence-electron chi connectivity index (χ2n) is 7.59. The van der Waals surface area contributed by atoms with Crippen LogP contribution in [0.15, 0.2) is 48.5 Å². The standard InChI is InChI=1S/C24H12F6O10/c25-23(26,27)11-7-8-14(39-12-5-1-3-9(19(31)32)15(12)21(35)36)18(17(11)24(28,29)30)40-13-6-2-4-10(20(33)34)16(13)22(37)38/h1-8H,(H,31,32)(H,33,34)(H,35,36)(H,37,38). The second-order valence-corrected chi connectivity index (χ2v) is 7.59. The average molecular weight is 574 g/mol. The van der Waals surface area contributed by atoms with Crippen molar-refractivity contribution in [3.8, 4) is 23.0 Å². The Kier molecular flexibility index (Phi) is 7.66. The van der Waals surface area contributed by atoms with E-state index in [9.17, 15) is 65.9 Å². The molecular formula is C24H12F6O10. The van der Waals surface area contributed by atoms with Gasteiger partial charge in [-0.2, -0.15) is 26.3 Å². The fourth-order valence-corrected chi connectivity index (χ4v) is 3.52. The third-order valence-corrected chi connectivity index (χ3v) is 5.08. The summed E-state index contributed by atoms with van der Waals surface area (Å²) < 4.78 is 93.3. The summed E-state index contributed by atoms with van der Waals surface area (Å²) in [6.07, 6.45) is -11.5. The normalized spacial score (nSPS) is 11.6. The summed E-state index contributed by atoms with van der Waals surface area (Å²) in [5.41, 5.74) is -9.04. The van der Waals surface area contributed by atoms with Gasteiger partial charge < -0.3 is 29.9 Å². The second kappa shape index (κ2) is 10.5. The van der Waals surface area contributed by atoms with Crippen LogP contribution in [0, 0.1) is 0 Å². The lowest BCUT2D eigenvalue weighted by molar-refractivity contribution is -0.162. The number of benzene rings is 3. The molecule has 3 aromatic rings. The van der Waals surface area contributed by atoms with Crippen molar-refractivity contribution in [2.24, 2.45) is 0 Å². The molecule has 0 spiro atoms. The highest BCUT2D eigenvalue weighted by Crippen LogP contribution is 2.51. The van der Waals surface area contributed by atoms with Crippen LogP contribution in [0.25, 0.3) is 0 Å². The fourth-order valence-electron chi connectivity index (χ4n) is 3.52. The number of carbonyl (C=O) groups is 4. The Bertz CT molecular complexity index is 1540. The van der Waals surface area contributed by atoms with Gasteiger partial charge in [0.2, 0.25) is 0 Å². The van der Waals surface area contributed by atoms with Crippen LogP contribution in [0.3, 0.4) is 0 Å². The van der Waals surface area contributed by atoms with Gasteiger partial charge in [0.15, 0.2) is 11.5 Å². The molecule has 4 N–H and O–H groups in total. The largest absolute Gasteiger partial charge is 0.478 e. The number of hydrogen-bond donors (Lipinski definition) is 4. The van der Waals surface area contributed by atoms with Gasteiger partial charge in [-0.25, -0.2) is 19.2 Å². The van der Waals surface area contributed by atoms with E-state index in [2.05, 4.69) is 0 Å². The molecule has 0 atom stereocenters. The van der Waals surface area contributed by atoms with Crippen molar-refractivity contribution in [3.63, 3.8) is 0 Å². The first-order chi connectivity index (χ1) is 18.4. The Labute approximate surface area is 217 Å². The molecule has 0 aliphatic carbocycles. The molecule has 0 heterocycles. The van der Waals surface area contributed by atoms with Gasteiger partial charge in [0, 0.05) is 0 Å². The number of rotatable bonds is 8. The summed E-state index contributed by atoms with van der Waals surface area (Å²) in [6, 6.07) is 4.99. The van der Waals surface area contributed by atoms with Crippen molar-refractivity contribution in [1.82, 2.24) is 0 Å². The summed E-state index contributed by atoms with van der Waals surface area (Å²) in [7, 11) is 0. The van der Waals surface area contributed by atoms with E-state index < -0.39 is 92.6 Å². The third-order valence-electron chi connectivity index (χ3n) is 5.08. The first-order valence-corrected chi connectivity index (χ1v) is 10.3. The van der Waals surface area contributed by atoms with Crippen molar-refractivity contribution in [2.75, 3.05) is 0 Å². The number of carboxylic acid groups (broad SMARTS) is 4. The quantitative estimate of drug-likeness (QED) is 0.231. The van der Waals surface area contributed by atoms with Gasteiger partial charge in [0.05, 0.1) is 16.7 Å². The van der Waals surface area contributed by atoms with E-state index in [-0.39, 0.29) is 6.07 Å². The SMILES string of the molecule is O=C(O)c1cccc(Oc2ccc(C(F)(F)F)c(C(F)(F)F)c2Oc2cccc(C(=O)O)c2C(=O)O)c1C(=O)O. The Morgan fingerprint density at radius 3 is 1.38 bits per heavy atom. The topological polar surface area (TPSA) is 168 Å². The van der Waals surface area contributed by atoms with Crippen LogP contribution in [0.1, 0.15) is 52.6 Å². The summed E-state index contributed by atoms with van der Waals surface area (Å²) in [6.45, 7) is 0. The molecule has 0 unspecified atom stereocenters. The molecule has 0 saturated heterocycles. The molecule has 0 aliphatic heterocycles. The highest BCUT2D eigenvalue weighted by atomic mass is 19.4. The van der Waals surface area contributed by atoms with Gasteiger partial charge in [-0.15, -0.1) is 0 Å². The van der Waals surface area contributed by atoms with Crippen LogP contribution in [-0.2, 0) is 12.4 Å².